The van der Waals surface area contributed by atoms with E-state index < -0.39 is 60.4 Å². The molecule has 1 aromatic rings. The number of halogens is 9. The molecular weight excluding hydrogens is 447 g/mol. The first-order valence-corrected chi connectivity index (χ1v) is 8.86. The first-order chi connectivity index (χ1) is 13.7. The zero-order valence-electron chi connectivity index (χ0n) is 16.7. The second kappa shape index (κ2) is 8.51. The molecule has 1 rings (SSSR count). The van der Waals surface area contributed by atoms with E-state index in [1.54, 1.807) is 6.07 Å². The summed E-state index contributed by atoms with van der Waals surface area (Å²) < 4.78 is 124. The molecule has 0 aromatic heterocycles. The Labute approximate surface area is 172 Å². The monoisotopic (exact) mass is 468 g/mol. The summed E-state index contributed by atoms with van der Waals surface area (Å²) in [6.07, 6.45) is -18.2. The largest absolute Gasteiger partial charge is 0.458 e. The van der Waals surface area contributed by atoms with E-state index in [4.69, 9.17) is 4.74 Å². The minimum atomic E-state index is -6.96. The van der Waals surface area contributed by atoms with Crippen LogP contribution in [0, 0.1) is 0 Å². The van der Waals surface area contributed by atoms with Crippen LogP contribution >= 0.6 is 0 Å². The molecule has 0 aliphatic rings. The van der Waals surface area contributed by atoms with Gasteiger partial charge in [0, 0.05) is 6.42 Å². The van der Waals surface area contributed by atoms with Crippen molar-refractivity contribution in [2.45, 2.75) is 75.2 Å². The van der Waals surface area contributed by atoms with Crippen LogP contribution in [0.1, 0.15) is 39.2 Å². The summed E-state index contributed by atoms with van der Waals surface area (Å²) in [4.78, 5) is 12.4. The van der Waals surface area contributed by atoms with Gasteiger partial charge in [-0.05, 0) is 39.2 Å². The standard InChI is InChI=1S/C19H21F9O3/c1-14(2,3)31-13(29)15(30,10-9-12-7-5-4-6-8-12)11-16(20,18(23,24)25)17(21,22)19(26,27)28/h4-8,30H,9-11H2,1-3H3. The summed E-state index contributed by atoms with van der Waals surface area (Å²) in [5.41, 5.74) is -11.1. The Hall–Kier alpha value is -1.98. The van der Waals surface area contributed by atoms with Gasteiger partial charge in [0.25, 0.3) is 5.67 Å². The zero-order valence-corrected chi connectivity index (χ0v) is 16.7. The number of aryl methyl sites for hydroxylation is 1. The Kier molecular flexibility index (Phi) is 7.43. The van der Waals surface area contributed by atoms with Gasteiger partial charge in [0.05, 0.1) is 0 Å². The molecule has 0 aliphatic heterocycles. The molecule has 1 N–H and O–H groups in total. The van der Waals surface area contributed by atoms with Crippen LogP contribution in [-0.4, -0.2) is 46.2 Å². The molecule has 3 nitrogen and oxygen atoms in total. The number of rotatable bonds is 7. The molecular formula is C19H21F9O3. The molecule has 0 saturated carbocycles. The van der Waals surface area contributed by atoms with Crippen LogP contribution in [0.2, 0.25) is 0 Å². The van der Waals surface area contributed by atoms with Crippen LogP contribution < -0.4 is 0 Å². The van der Waals surface area contributed by atoms with E-state index >= 15 is 0 Å². The summed E-state index contributed by atoms with van der Waals surface area (Å²) >= 11 is 0. The van der Waals surface area contributed by atoms with Crippen molar-refractivity contribution in [3.8, 4) is 0 Å². The summed E-state index contributed by atoms with van der Waals surface area (Å²) in [7, 11) is 0. The molecule has 1 aromatic carbocycles. The fourth-order valence-corrected chi connectivity index (χ4v) is 2.65. The van der Waals surface area contributed by atoms with E-state index in [1.165, 1.54) is 45.0 Å². The number of hydrogen-bond acceptors (Lipinski definition) is 3. The lowest BCUT2D eigenvalue weighted by molar-refractivity contribution is -0.389. The lowest BCUT2D eigenvalue weighted by Gasteiger charge is -2.40. The highest BCUT2D eigenvalue weighted by Gasteiger charge is 2.82. The number of esters is 1. The highest BCUT2D eigenvalue weighted by atomic mass is 19.4. The predicted octanol–water partition coefficient (Wildman–Crippen LogP) is 5.55. The van der Waals surface area contributed by atoms with Gasteiger partial charge < -0.3 is 9.84 Å². The third kappa shape index (κ3) is 6.05. The molecule has 31 heavy (non-hydrogen) atoms. The molecule has 0 fully saturated rings. The Morgan fingerprint density at radius 2 is 1.35 bits per heavy atom. The maximum absolute atomic E-state index is 14.6. The van der Waals surface area contributed by atoms with Crippen molar-refractivity contribution >= 4 is 5.97 Å². The van der Waals surface area contributed by atoms with Gasteiger partial charge in [-0.15, -0.1) is 0 Å². The molecule has 0 aliphatic carbocycles. The van der Waals surface area contributed by atoms with Crippen molar-refractivity contribution in [3.63, 3.8) is 0 Å². The zero-order chi connectivity index (χ0) is 24.5. The molecule has 2 unspecified atom stereocenters. The fourth-order valence-electron chi connectivity index (χ4n) is 2.65. The summed E-state index contributed by atoms with van der Waals surface area (Å²) in [5, 5.41) is 10.5. The van der Waals surface area contributed by atoms with Gasteiger partial charge in [-0.2, -0.15) is 35.1 Å². The van der Waals surface area contributed by atoms with Crippen molar-refractivity contribution < 1.29 is 54.2 Å². The van der Waals surface area contributed by atoms with E-state index in [0.29, 0.717) is 5.56 Å². The number of alkyl halides is 9. The summed E-state index contributed by atoms with van der Waals surface area (Å²) in [6.45, 7) is 3.62. The van der Waals surface area contributed by atoms with Crippen LogP contribution in [-0.2, 0) is 16.0 Å². The van der Waals surface area contributed by atoms with Gasteiger partial charge >= 0.3 is 24.2 Å². The van der Waals surface area contributed by atoms with Gasteiger partial charge in [-0.1, -0.05) is 30.3 Å². The molecule has 0 heterocycles. The first-order valence-electron chi connectivity index (χ1n) is 8.86. The second-order valence-electron chi connectivity index (χ2n) is 8.07. The van der Waals surface area contributed by atoms with E-state index in [9.17, 15) is 49.4 Å². The number of hydrogen-bond donors (Lipinski definition) is 1. The summed E-state index contributed by atoms with van der Waals surface area (Å²) in [5.74, 6) is -8.92. The average Bonchev–Trinajstić information content (AvgIpc) is 2.57. The van der Waals surface area contributed by atoms with Crippen molar-refractivity contribution in [2.24, 2.45) is 0 Å². The number of aliphatic hydroxyl groups is 1. The fraction of sp³-hybridized carbons (Fsp3) is 0.632. The van der Waals surface area contributed by atoms with Crippen molar-refractivity contribution in [1.29, 1.82) is 0 Å². The number of ether oxygens (including phenoxy) is 1. The van der Waals surface area contributed by atoms with E-state index in [2.05, 4.69) is 0 Å². The minimum absolute atomic E-state index is 0.295. The third-order valence-corrected chi connectivity index (χ3v) is 4.29. The molecule has 0 bridgehead atoms. The smallest absolute Gasteiger partial charge is 0.457 e. The number of carbonyl (C=O) groups is 1. The normalized spacial score (nSPS) is 17.6. The lowest BCUT2D eigenvalue weighted by Crippen LogP contribution is -2.65. The van der Waals surface area contributed by atoms with Crippen molar-refractivity contribution in [3.05, 3.63) is 35.9 Å². The topological polar surface area (TPSA) is 46.5 Å². The van der Waals surface area contributed by atoms with Crippen LogP contribution in [0.5, 0.6) is 0 Å². The predicted molar refractivity (Wildman–Crippen MR) is 91.1 cm³/mol. The second-order valence-corrected chi connectivity index (χ2v) is 8.07. The van der Waals surface area contributed by atoms with Crippen molar-refractivity contribution in [2.75, 3.05) is 0 Å². The van der Waals surface area contributed by atoms with Crippen LogP contribution in [0.4, 0.5) is 39.5 Å². The molecule has 2 atom stereocenters. The Balaban J connectivity index is 3.48. The SMILES string of the molecule is CC(C)(C)OC(=O)C(O)(CCc1ccccc1)CC(F)(C(F)(F)F)C(F)(F)C(F)(F)F. The molecule has 0 spiro atoms. The van der Waals surface area contributed by atoms with Crippen LogP contribution in [0.25, 0.3) is 0 Å². The van der Waals surface area contributed by atoms with Crippen molar-refractivity contribution in [1.82, 2.24) is 0 Å². The highest BCUT2D eigenvalue weighted by Crippen LogP contribution is 2.56. The molecule has 178 valence electrons. The van der Waals surface area contributed by atoms with E-state index in [-0.39, 0.29) is 0 Å². The Morgan fingerprint density at radius 1 is 0.871 bits per heavy atom. The van der Waals surface area contributed by atoms with Gasteiger partial charge in [-0.3, -0.25) is 0 Å². The van der Waals surface area contributed by atoms with Gasteiger partial charge in [0.2, 0.25) is 0 Å². The maximum atomic E-state index is 14.6. The lowest BCUT2D eigenvalue weighted by atomic mass is 9.79. The highest BCUT2D eigenvalue weighted by molar-refractivity contribution is 5.80. The first kappa shape index (κ1) is 27.1. The quantitative estimate of drug-likeness (QED) is 0.422. The van der Waals surface area contributed by atoms with Gasteiger partial charge in [0.1, 0.15) is 5.60 Å². The molecule has 12 heteroatoms. The minimum Gasteiger partial charge on any atom is -0.458 e. The van der Waals surface area contributed by atoms with E-state index in [1.807, 2.05) is 0 Å². The molecule has 0 amide bonds. The van der Waals surface area contributed by atoms with E-state index in [0.717, 1.165) is 0 Å². The van der Waals surface area contributed by atoms with Crippen LogP contribution in [0.3, 0.4) is 0 Å². The molecule has 0 radical (unpaired) electrons. The van der Waals surface area contributed by atoms with Crippen LogP contribution in [0.15, 0.2) is 30.3 Å². The third-order valence-electron chi connectivity index (χ3n) is 4.29. The van der Waals surface area contributed by atoms with Gasteiger partial charge in [0.15, 0.2) is 5.60 Å². The van der Waals surface area contributed by atoms with Gasteiger partial charge in [-0.25, -0.2) is 9.18 Å². The molecule has 0 saturated heterocycles. The Morgan fingerprint density at radius 3 is 1.74 bits per heavy atom. The number of carbonyl (C=O) groups excluding carboxylic acids is 1. The Bertz CT molecular complexity index is 754. The average molecular weight is 468 g/mol. The summed E-state index contributed by atoms with van der Waals surface area (Å²) in [6, 6.07) is 7.27. The maximum Gasteiger partial charge on any atom is 0.457 e. The number of benzene rings is 1.